The third kappa shape index (κ3) is 6.73. The Morgan fingerprint density at radius 1 is 0.750 bits per heavy atom. The summed E-state index contributed by atoms with van der Waals surface area (Å²) in [4.78, 5) is 0. The van der Waals surface area contributed by atoms with Crippen molar-refractivity contribution in [1.82, 2.24) is 0 Å². The van der Waals surface area contributed by atoms with Gasteiger partial charge in [0.2, 0.25) is 8.32 Å². The molecule has 0 N–H and O–H groups in total. The van der Waals surface area contributed by atoms with E-state index < -0.39 is 8.32 Å². The first-order valence-corrected chi connectivity index (χ1v) is 14.4. The second kappa shape index (κ2) is 10.9. The normalized spacial score (nSPS) is 15.2. The lowest BCUT2D eigenvalue weighted by molar-refractivity contribution is 0.0271. The predicted octanol–water partition coefficient (Wildman–Crippen LogP) is 6.01. The number of hydrogen-bond acceptors (Lipinski definition) is 5. The lowest BCUT2D eigenvalue weighted by Crippen LogP contribution is -2.24. The van der Waals surface area contributed by atoms with Crippen LogP contribution < -0.4 is 9.47 Å². The van der Waals surface area contributed by atoms with E-state index in [1.165, 1.54) is 0 Å². The zero-order valence-electron chi connectivity index (χ0n) is 19.7. The molecule has 2 aromatic carbocycles. The molecule has 3 rings (SSSR count). The highest BCUT2D eigenvalue weighted by molar-refractivity contribution is 6.70. The van der Waals surface area contributed by atoms with E-state index >= 15 is 0 Å². The Balaban J connectivity index is 2.03. The van der Waals surface area contributed by atoms with Gasteiger partial charge in [-0.1, -0.05) is 30.9 Å². The summed E-state index contributed by atoms with van der Waals surface area (Å²) >= 11 is 0. The highest BCUT2D eigenvalue weighted by Crippen LogP contribution is 2.39. The van der Waals surface area contributed by atoms with Crippen LogP contribution in [-0.4, -0.2) is 48.0 Å². The summed E-state index contributed by atoms with van der Waals surface area (Å²) in [5.74, 6) is 2.18. The van der Waals surface area contributed by atoms with Crippen LogP contribution in [0.2, 0.25) is 19.6 Å². The van der Waals surface area contributed by atoms with Crippen LogP contribution in [0.5, 0.6) is 11.5 Å². The zero-order chi connectivity index (χ0) is 23.1. The summed E-state index contributed by atoms with van der Waals surface area (Å²) in [5.41, 5.74) is 4.82. The monoisotopic (exact) mass is 454 g/mol. The fourth-order valence-corrected chi connectivity index (χ4v) is 4.20. The molecule has 0 saturated carbocycles. The Kier molecular flexibility index (Phi) is 8.18. The third-order valence-corrected chi connectivity index (χ3v) is 5.70. The van der Waals surface area contributed by atoms with Crippen molar-refractivity contribution in [2.24, 2.45) is 0 Å². The Labute approximate surface area is 192 Å². The molecule has 0 atom stereocenters. The van der Waals surface area contributed by atoms with Gasteiger partial charge in [0.05, 0.1) is 26.4 Å². The van der Waals surface area contributed by atoms with Crippen LogP contribution in [0.4, 0.5) is 0 Å². The van der Waals surface area contributed by atoms with Gasteiger partial charge in [0.1, 0.15) is 30.5 Å². The van der Waals surface area contributed by atoms with E-state index in [-0.39, 0.29) is 0 Å². The maximum absolute atomic E-state index is 6.16. The van der Waals surface area contributed by atoms with Crippen LogP contribution in [0.3, 0.4) is 0 Å². The molecular weight excluding hydrogens is 420 g/mol. The van der Waals surface area contributed by atoms with Crippen molar-refractivity contribution in [2.75, 3.05) is 39.6 Å². The van der Waals surface area contributed by atoms with Gasteiger partial charge < -0.3 is 23.4 Å². The molecule has 0 unspecified atom stereocenters. The van der Waals surface area contributed by atoms with Gasteiger partial charge in [0.25, 0.3) is 0 Å². The van der Waals surface area contributed by atoms with Crippen LogP contribution in [0.1, 0.15) is 18.1 Å². The van der Waals surface area contributed by atoms with Gasteiger partial charge in [-0.05, 0) is 56.4 Å². The lowest BCUT2D eigenvalue weighted by atomic mass is 9.98. The molecule has 172 valence electrons. The molecule has 5 nitrogen and oxygen atoms in total. The van der Waals surface area contributed by atoms with Crippen LogP contribution >= 0.6 is 0 Å². The van der Waals surface area contributed by atoms with Crippen LogP contribution in [0, 0.1) is 0 Å². The molecule has 1 heterocycles. The summed E-state index contributed by atoms with van der Waals surface area (Å²) < 4.78 is 29.6. The molecule has 0 aromatic heterocycles. The highest BCUT2D eigenvalue weighted by atomic mass is 28.4. The van der Waals surface area contributed by atoms with Crippen molar-refractivity contribution in [3.63, 3.8) is 0 Å². The Morgan fingerprint density at radius 3 is 1.72 bits per heavy atom. The summed E-state index contributed by atoms with van der Waals surface area (Å²) in [6.07, 6.45) is 0. The molecule has 0 bridgehead atoms. The molecule has 0 aliphatic carbocycles. The maximum Gasteiger partial charge on any atom is 0.242 e. The lowest BCUT2D eigenvalue weighted by Gasteiger charge is -2.22. The van der Waals surface area contributed by atoms with Gasteiger partial charge in [-0.3, -0.25) is 0 Å². The Hall–Kier alpha value is -2.54. The van der Waals surface area contributed by atoms with Crippen molar-refractivity contribution in [1.29, 1.82) is 0 Å². The summed E-state index contributed by atoms with van der Waals surface area (Å²) in [6.45, 7) is 19.5. The fourth-order valence-electron chi connectivity index (χ4n) is 3.34. The van der Waals surface area contributed by atoms with E-state index in [1.54, 1.807) is 0 Å². The second-order valence-electron chi connectivity index (χ2n) is 8.76. The Bertz CT molecular complexity index is 961. The maximum atomic E-state index is 6.16. The van der Waals surface area contributed by atoms with Gasteiger partial charge in [0.15, 0.2) is 0 Å². The average molecular weight is 455 g/mol. The largest absolute Gasteiger partial charge is 0.544 e. The van der Waals surface area contributed by atoms with Gasteiger partial charge in [0, 0.05) is 16.7 Å². The standard InChI is InChI=1S/C26H34O5Si/c1-19(2)21-7-9-23-24-10-8-22(20(3)31-32(4,5)6)18-26(24)30-16-14-28-12-11-27-13-15-29-25(23)17-21/h7-10,17-18H,1,3,11-16H2,2,4-6H3. The molecular formula is C26H34O5Si. The van der Waals surface area contributed by atoms with Crippen molar-refractivity contribution in [2.45, 2.75) is 26.6 Å². The van der Waals surface area contributed by atoms with E-state index in [0.717, 1.165) is 39.3 Å². The van der Waals surface area contributed by atoms with E-state index in [1.807, 2.05) is 31.2 Å². The van der Waals surface area contributed by atoms with Crippen molar-refractivity contribution < 1.29 is 23.4 Å². The van der Waals surface area contributed by atoms with Gasteiger partial charge in [-0.2, -0.15) is 0 Å². The molecule has 2 aromatic rings. The number of hydrogen-bond donors (Lipinski definition) is 0. The van der Waals surface area contributed by atoms with Crippen LogP contribution in [0.25, 0.3) is 22.5 Å². The predicted molar refractivity (Wildman–Crippen MR) is 133 cm³/mol. The summed E-state index contributed by atoms with van der Waals surface area (Å²) in [6, 6.07) is 12.2. The first-order valence-electron chi connectivity index (χ1n) is 11.0. The van der Waals surface area contributed by atoms with Crippen LogP contribution in [0.15, 0.2) is 49.6 Å². The number of allylic oxidation sites excluding steroid dienone is 1. The third-order valence-electron chi connectivity index (χ3n) is 4.84. The van der Waals surface area contributed by atoms with Gasteiger partial charge >= 0.3 is 0 Å². The molecule has 0 saturated heterocycles. The number of ether oxygens (including phenoxy) is 4. The number of fused-ring (bicyclic) bond motifs is 3. The molecule has 6 heteroatoms. The van der Waals surface area contributed by atoms with E-state index in [4.69, 9.17) is 23.4 Å². The molecule has 0 spiro atoms. The summed E-state index contributed by atoms with van der Waals surface area (Å²) in [7, 11) is -1.77. The fraction of sp³-hybridized carbons (Fsp3) is 0.385. The van der Waals surface area contributed by atoms with Crippen molar-refractivity contribution in [3.05, 3.63) is 60.7 Å². The van der Waals surface area contributed by atoms with Crippen molar-refractivity contribution in [3.8, 4) is 22.6 Å². The second-order valence-corrected chi connectivity index (χ2v) is 13.2. The highest BCUT2D eigenvalue weighted by Gasteiger charge is 2.20. The van der Waals surface area contributed by atoms with Crippen LogP contribution in [-0.2, 0) is 13.9 Å². The molecule has 0 radical (unpaired) electrons. The number of benzene rings is 2. The van der Waals surface area contributed by atoms with Crippen molar-refractivity contribution >= 4 is 19.6 Å². The topological polar surface area (TPSA) is 46.2 Å². The first kappa shape index (κ1) is 24.1. The van der Waals surface area contributed by atoms with E-state index in [9.17, 15) is 0 Å². The molecule has 0 fully saturated rings. The van der Waals surface area contributed by atoms with E-state index in [2.05, 4.69) is 44.9 Å². The molecule has 32 heavy (non-hydrogen) atoms. The minimum Gasteiger partial charge on any atom is -0.544 e. The summed E-state index contributed by atoms with van der Waals surface area (Å²) in [5, 5.41) is 0. The number of rotatable bonds is 4. The SMILES string of the molecule is C=C(C)c1ccc2c(c1)OCCOCCOCCOc1cc(C(=C)O[Si](C)(C)C)ccc1-2. The quantitative estimate of drug-likeness (QED) is 0.418. The van der Waals surface area contributed by atoms with Gasteiger partial charge in [-0.15, -0.1) is 0 Å². The minimum atomic E-state index is -1.77. The van der Waals surface area contributed by atoms with E-state index in [0.29, 0.717) is 45.4 Å². The average Bonchev–Trinajstić information content (AvgIpc) is 2.73. The zero-order valence-corrected chi connectivity index (χ0v) is 20.7. The van der Waals surface area contributed by atoms with Gasteiger partial charge in [-0.25, -0.2) is 0 Å². The minimum absolute atomic E-state index is 0.428. The molecule has 0 amide bonds. The first-order chi connectivity index (χ1) is 15.2. The molecule has 1 aliphatic rings. The molecule has 1 aliphatic heterocycles. The smallest absolute Gasteiger partial charge is 0.242 e. The Morgan fingerprint density at radius 2 is 1.22 bits per heavy atom.